The van der Waals surface area contributed by atoms with Crippen LogP contribution in [0, 0.1) is 5.92 Å². The van der Waals surface area contributed by atoms with Gasteiger partial charge in [0.15, 0.2) is 0 Å². The Labute approximate surface area is 183 Å². The molecule has 1 aromatic rings. The van der Waals surface area contributed by atoms with Gasteiger partial charge < -0.3 is 19.5 Å². The molecule has 3 aliphatic rings. The van der Waals surface area contributed by atoms with E-state index in [9.17, 15) is 13.6 Å². The molecule has 1 aromatic carbocycles. The van der Waals surface area contributed by atoms with E-state index in [1.165, 1.54) is 0 Å². The average molecular weight is 435 g/mol. The Balaban J connectivity index is 1.52. The molecule has 1 atom stereocenters. The van der Waals surface area contributed by atoms with Gasteiger partial charge in [-0.3, -0.25) is 9.69 Å². The molecule has 6 nitrogen and oxygen atoms in total. The third kappa shape index (κ3) is 4.32. The number of carbonyl (C=O) groups excluding carboxylic acids is 1. The Morgan fingerprint density at radius 3 is 2.23 bits per heavy atom. The van der Waals surface area contributed by atoms with Gasteiger partial charge in [-0.25, -0.2) is 8.78 Å². The molecule has 1 aliphatic carbocycles. The highest BCUT2D eigenvalue weighted by Crippen LogP contribution is 2.49. The summed E-state index contributed by atoms with van der Waals surface area (Å²) in [4.78, 5) is 16.8. The molecule has 170 valence electrons. The van der Waals surface area contributed by atoms with Crippen LogP contribution in [0.4, 0.5) is 14.5 Å². The van der Waals surface area contributed by atoms with Crippen LogP contribution in [0.1, 0.15) is 44.5 Å². The lowest BCUT2D eigenvalue weighted by molar-refractivity contribution is 0.00578. The lowest BCUT2D eigenvalue weighted by atomic mass is 9.78. The summed E-state index contributed by atoms with van der Waals surface area (Å²) in [6.45, 7) is 11.2. The molecule has 0 aromatic heterocycles. The van der Waals surface area contributed by atoms with Crippen molar-refractivity contribution in [2.24, 2.45) is 5.92 Å². The van der Waals surface area contributed by atoms with Gasteiger partial charge in [-0.2, -0.15) is 0 Å². The molecule has 1 amide bonds. The van der Waals surface area contributed by atoms with Crippen molar-refractivity contribution in [3.8, 4) is 0 Å². The number of piperazine rings is 1. The zero-order chi connectivity index (χ0) is 22.6. The fraction of sp³-hybridized carbons (Fsp3) is 0.682. The van der Waals surface area contributed by atoms with Gasteiger partial charge >= 0.3 is 7.12 Å². The first kappa shape index (κ1) is 22.5. The van der Waals surface area contributed by atoms with Gasteiger partial charge in [0.1, 0.15) is 0 Å². The predicted molar refractivity (Wildman–Crippen MR) is 117 cm³/mol. The monoisotopic (exact) mass is 435 g/mol. The summed E-state index contributed by atoms with van der Waals surface area (Å²) in [7, 11) is 1.10. The van der Waals surface area contributed by atoms with Crippen molar-refractivity contribution in [2.75, 3.05) is 44.7 Å². The zero-order valence-electron chi connectivity index (χ0n) is 19.0. The van der Waals surface area contributed by atoms with Crippen molar-refractivity contribution < 1.29 is 22.9 Å². The maximum absolute atomic E-state index is 13.3. The molecule has 0 radical (unpaired) electrons. The summed E-state index contributed by atoms with van der Waals surface area (Å²) in [5.74, 6) is -3.15. The lowest BCUT2D eigenvalue weighted by Gasteiger charge is -2.37. The zero-order valence-corrected chi connectivity index (χ0v) is 19.0. The molecular formula is C22H32BF2N3O3. The Bertz CT molecular complexity index is 840. The second kappa shape index (κ2) is 7.71. The van der Waals surface area contributed by atoms with Gasteiger partial charge in [0.05, 0.1) is 16.8 Å². The molecule has 2 heterocycles. The van der Waals surface area contributed by atoms with Gasteiger partial charge in [-0.15, -0.1) is 0 Å². The van der Waals surface area contributed by atoms with Crippen molar-refractivity contribution in [3.63, 3.8) is 0 Å². The number of benzene rings is 1. The van der Waals surface area contributed by atoms with Crippen molar-refractivity contribution in [1.29, 1.82) is 0 Å². The van der Waals surface area contributed by atoms with Crippen LogP contribution in [-0.2, 0) is 9.31 Å². The summed E-state index contributed by atoms with van der Waals surface area (Å²) >= 11 is 0. The van der Waals surface area contributed by atoms with Crippen LogP contribution in [0.3, 0.4) is 0 Å². The largest absolute Gasteiger partial charge is 0.494 e. The number of amides is 1. The summed E-state index contributed by atoms with van der Waals surface area (Å²) in [6.07, 6.45) is 0.00413. The number of hydrogen-bond acceptors (Lipinski definition) is 5. The fourth-order valence-corrected chi connectivity index (χ4v) is 4.21. The maximum atomic E-state index is 13.3. The molecule has 2 saturated heterocycles. The minimum Gasteiger partial charge on any atom is -0.399 e. The molecule has 0 bridgehead atoms. The molecule has 3 fully saturated rings. The number of hydrogen-bond donors (Lipinski definition) is 1. The highest BCUT2D eigenvalue weighted by molar-refractivity contribution is 6.62. The Hall–Kier alpha value is -1.71. The molecule has 4 rings (SSSR count). The van der Waals surface area contributed by atoms with Crippen LogP contribution in [-0.4, -0.2) is 74.8 Å². The molecule has 2 aliphatic heterocycles. The predicted octanol–water partition coefficient (Wildman–Crippen LogP) is 2.12. The van der Waals surface area contributed by atoms with E-state index in [2.05, 4.69) is 15.1 Å². The van der Waals surface area contributed by atoms with Crippen LogP contribution in [0.25, 0.3) is 0 Å². The SMILES string of the molecule is CNC(=O)c1ccc(B2OC(C)(C)C(C)(C)O2)cc1N1CCN(CC2CC2(F)F)CC1. The summed E-state index contributed by atoms with van der Waals surface area (Å²) in [5.41, 5.74) is 1.37. The highest BCUT2D eigenvalue weighted by Gasteiger charge is 2.57. The molecule has 1 unspecified atom stereocenters. The van der Waals surface area contributed by atoms with E-state index in [1.807, 2.05) is 45.9 Å². The van der Waals surface area contributed by atoms with Gasteiger partial charge in [0, 0.05) is 57.8 Å². The third-order valence-corrected chi connectivity index (χ3v) is 7.17. The van der Waals surface area contributed by atoms with E-state index >= 15 is 0 Å². The van der Waals surface area contributed by atoms with E-state index < -0.39 is 30.2 Å². The lowest BCUT2D eigenvalue weighted by Crippen LogP contribution is -2.48. The summed E-state index contributed by atoms with van der Waals surface area (Å²) in [6, 6.07) is 5.66. The van der Waals surface area contributed by atoms with E-state index in [0.717, 1.165) is 11.2 Å². The standard InChI is InChI=1S/C22H32BF2N3O3/c1-20(2)21(3,4)31-23(30-20)16-6-7-17(19(29)26-5)18(12-16)28-10-8-27(9-11-28)14-15-13-22(15,24)25/h6-7,12,15H,8-11,13-14H2,1-5H3,(H,26,29). The first-order valence-corrected chi connectivity index (χ1v) is 11.0. The molecule has 9 heteroatoms. The van der Waals surface area contributed by atoms with Crippen LogP contribution in [0.2, 0.25) is 0 Å². The smallest absolute Gasteiger partial charge is 0.399 e. The quantitative estimate of drug-likeness (QED) is 0.719. The van der Waals surface area contributed by atoms with Gasteiger partial charge in [-0.1, -0.05) is 6.07 Å². The normalized spacial score (nSPS) is 26.7. The first-order chi connectivity index (χ1) is 14.4. The van der Waals surface area contributed by atoms with Crippen molar-refractivity contribution in [2.45, 2.75) is 51.2 Å². The minimum atomic E-state index is -2.49. The number of rotatable bonds is 5. The Morgan fingerprint density at radius 2 is 1.71 bits per heavy atom. The Kier molecular flexibility index (Phi) is 5.59. The molecule has 0 spiro atoms. The topological polar surface area (TPSA) is 54.0 Å². The average Bonchev–Trinajstić information content (AvgIpc) is 3.24. The van der Waals surface area contributed by atoms with Crippen molar-refractivity contribution in [3.05, 3.63) is 23.8 Å². The van der Waals surface area contributed by atoms with Crippen LogP contribution in [0.5, 0.6) is 0 Å². The van der Waals surface area contributed by atoms with E-state index in [1.54, 1.807) is 7.05 Å². The number of alkyl halides is 2. The van der Waals surface area contributed by atoms with E-state index in [4.69, 9.17) is 9.31 Å². The second-order valence-electron chi connectivity index (χ2n) is 9.89. The van der Waals surface area contributed by atoms with E-state index in [-0.39, 0.29) is 12.3 Å². The molecule has 1 saturated carbocycles. The number of halogens is 2. The molecule has 31 heavy (non-hydrogen) atoms. The minimum absolute atomic E-state index is 0.00413. The van der Waals surface area contributed by atoms with Crippen LogP contribution in [0.15, 0.2) is 18.2 Å². The number of anilines is 1. The highest BCUT2D eigenvalue weighted by atomic mass is 19.3. The van der Waals surface area contributed by atoms with Crippen molar-refractivity contribution >= 4 is 24.2 Å². The third-order valence-electron chi connectivity index (χ3n) is 7.17. The maximum Gasteiger partial charge on any atom is 0.494 e. The summed E-state index contributed by atoms with van der Waals surface area (Å²) < 4.78 is 38.9. The van der Waals surface area contributed by atoms with E-state index in [0.29, 0.717) is 38.3 Å². The van der Waals surface area contributed by atoms with Gasteiger partial charge in [0.2, 0.25) is 0 Å². The van der Waals surface area contributed by atoms with Crippen molar-refractivity contribution in [1.82, 2.24) is 10.2 Å². The van der Waals surface area contributed by atoms with Crippen LogP contribution >= 0.6 is 0 Å². The molecule has 1 N–H and O–H groups in total. The summed E-state index contributed by atoms with van der Waals surface area (Å²) in [5, 5.41) is 2.71. The van der Waals surface area contributed by atoms with Gasteiger partial charge in [0.25, 0.3) is 11.8 Å². The second-order valence-corrected chi connectivity index (χ2v) is 9.89. The number of nitrogens with one attached hydrogen (secondary N) is 1. The molecular weight excluding hydrogens is 403 g/mol. The Morgan fingerprint density at radius 1 is 1.13 bits per heavy atom. The van der Waals surface area contributed by atoms with Crippen LogP contribution < -0.4 is 15.7 Å². The number of nitrogens with zero attached hydrogens (tertiary/aromatic N) is 2. The number of carbonyl (C=O) groups is 1. The fourth-order valence-electron chi connectivity index (χ4n) is 4.21. The van der Waals surface area contributed by atoms with Gasteiger partial charge in [-0.05, 0) is 45.3 Å². The first-order valence-electron chi connectivity index (χ1n) is 11.0.